The Bertz CT molecular complexity index is 2720. The standard InChI is InChI=1S/C58H58N2/c1-35-25-51(26-36(2)39(35)5)59(47-21-15-45(16-22-47)57(7,8)9)49-19-13-41-31-53-55(33-43(41)29-49)54-32-42-14-20-50(30-44(42)34-56(53)54)60(52-27-37(3)40(6)38(4)28-52)48-23-17-46(18-24-48)58(10,11)12/h13-34H,1-12H3. The molecule has 0 saturated heterocycles. The molecule has 2 heteroatoms. The van der Waals surface area contributed by atoms with Gasteiger partial charge >= 0.3 is 0 Å². The molecule has 0 fully saturated rings. The molecule has 0 aliphatic heterocycles. The highest BCUT2D eigenvalue weighted by atomic mass is 15.1. The summed E-state index contributed by atoms with van der Waals surface area (Å²) in [6.45, 7) is 27.0. The van der Waals surface area contributed by atoms with E-state index in [1.54, 1.807) is 0 Å². The Morgan fingerprint density at radius 1 is 0.283 bits per heavy atom. The van der Waals surface area contributed by atoms with Crippen LogP contribution in [0.5, 0.6) is 0 Å². The van der Waals surface area contributed by atoms with E-state index < -0.39 is 0 Å². The van der Waals surface area contributed by atoms with Crippen molar-refractivity contribution < 1.29 is 0 Å². The van der Waals surface area contributed by atoms with Crippen molar-refractivity contribution in [3.63, 3.8) is 0 Å². The topological polar surface area (TPSA) is 6.48 Å². The van der Waals surface area contributed by atoms with Crippen LogP contribution in [-0.2, 0) is 10.8 Å². The smallest absolute Gasteiger partial charge is 0.0468 e. The van der Waals surface area contributed by atoms with Crippen molar-refractivity contribution in [3.8, 4) is 22.3 Å². The number of aryl methyl sites for hydroxylation is 4. The number of fused-ring (bicyclic) bond motifs is 6. The van der Waals surface area contributed by atoms with Crippen LogP contribution in [-0.4, -0.2) is 0 Å². The number of nitrogens with zero attached hydrogens (tertiary/aromatic N) is 2. The average Bonchev–Trinajstić information content (AvgIpc) is 3.20. The molecule has 0 heterocycles. The normalized spacial score (nSPS) is 12.3. The number of hydrogen-bond donors (Lipinski definition) is 0. The van der Waals surface area contributed by atoms with Crippen LogP contribution in [0, 0.1) is 41.5 Å². The molecular formula is C58H58N2. The first-order valence-electron chi connectivity index (χ1n) is 21.6. The minimum atomic E-state index is 0.0915. The van der Waals surface area contributed by atoms with Gasteiger partial charge in [-0.25, -0.2) is 0 Å². The van der Waals surface area contributed by atoms with Crippen LogP contribution in [0.2, 0.25) is 0 Å². The molecule has 8 aromatic rings. The lowest BCUT2D eigenvalue weighted by Gasteiger charge is -2.30. The first-order valence-corrected chi connectivity index (χ1v) is 21.6. The molecule has 1 aliphatic carbocycles. The third kappa shape index (κ3) is 6.86. The minimum absolute atomic E-state index is 0.0915. The molecule has 0 amide bonds. The predicted octanol–water partition coefficient (Wildman–Crippen LogP) is 17.0. The van der Waals surface area contributed by atoms with Gasteiger partial charge in [0.25, 0.3) is 0 Å². The summed E-state index contributed by atoms with van der Waals surface area (Å²) in [5.74, 6) is 0. The summed E-state index contributed by atoms with van der Waals surface area (Å²) >= 11 is 0. The van der Waals surface area contributed by atoms with E-state index in [9.17, 15) is 0 Å². The molecule has 0 atom stereocenters. The Hall–Kier alpha value is -6.12. The molecule has 0 radical (unpaired) electrons. The van der Waals surface area contributed by atoms with Crippen LogP contribution in [0.1, 0.15) is 86.1 Å². The van der Waals surface area contributed by atoms with Gasteiger partial charge in [-0.3, -0.25) is 0 Å². The van der Waals surface area contributed by atoms with Gasteiger partial charge in [0.2, 0.25) is 0 Å². The van der Waals surface area contributed by atoms with Gasteiger partial charge in [-0.2, -0.15) is 0 Å². The second kappa shape index (κ2) is 14.3. The fraction of sp³-hybridized carbons (Fsp3) is 0.241. The lowest BCUT2D eigenvalue weighted by molar-refractivity contribution is 0.590. The van der Waals surface area contributed by atoms with Crippen molar-refractivity contribution in [1.29, 1.82) is 0 Å². The van der Waals surface area contributed by atoms with E-state index in [4.69, 9.17) is 0 Å². The molecule has 300 valence electrons. The summed E-state index contributed by atoms with van der Waals surface area (Å²) in [6.07, 6.45) is 0. The Morgan fingerprint density at radius 3 is 0.867 bits per heavy atom. The minimum Gasteiger partial charge on any atom is -0.310 e. The van der Waals surface area contributed by atoms with Crippen LogP contribution < -0.4 is 9.80 Å². The van der Waals surface area contributed by atoms with Crippen molar-refractivity contribution in [1.82, 2.24) is 0 Å². The van der Waals surface area contributed by atoms with E-state index >= 15 is 0 Å². The average molecular weight is 783 g/mol. The maximum absolute atomic E-state index is 2.42. The summed E-state index contributed by atoms with van der Waals surface area (Å²) < 4.78 is 0. The van der Waals surface area contributed by atoms with Gasteiger partial charge in [-0.05, 0) is 238 Å². The molecule has 0 unspecified atom stereocenters. The summed E-state index contributed by atoms with van der Waals surface area (Å²) in [4.78, 5) is 4.84. The second-order valence-electron chi connectivity index (χ2n) is 19.5. The number of hydrogen-bond acceptors (Lipinski definition) is 2. The molecule has 0 spiro atoms. The van der Waals surface area contributed by atoms with E-state index in [1.807, 2.05) is 0 Å². The van der Waals surface area contributed by atoms with Gasteiger partial charge in [0.15, 0.2) is 0 Å². The predicted molar refractivity (Wildman–Crippen MR) is 261 cm³/mol. The Morgan fingerprint density at radius 2 is 0.567 bits per heavy atom. The zero-order valence-electron chi connectivity index (χ0n) is 37.6. The Labute approximate surface area is 358 Å². The summed E-state index contributed by atoms with van der Waals surface area (Å²) in [5.41, 5.74) is 23.1. The number of anilines is 6. The molecule has 1 aliphatic rings. The lowest BCUT2D eigenvalue weighted by atomic mass is 9.78. The molecule has 9 rings (SSSR count). The third-order valence-electron chi connectivity index (χ3n) is 13.3. The SMILES string of the molecule is Cc1cc(N(c2ccc(C(C)(C)C)cc2)c2ccc3cc4c(cc3c2)-c2cc3ccc(N(c5ccc(C(C)(C)C)cc5)c5cc(C)c(C)c(C)c5)cc3cc2-4)cc(C)c1C. The van der Waals surface area contributed by atoms with Gasteiger partial charge in [-0.15, -0.1) is 0 Å². The molecule has 0 aromatic heterocycles. The van der Waals surface area contributed by atoms with Crippen LogP contribution in [0.3, 0.4) is 0 Å². The highest BCUT2D eigenvalue weighted by Gasteiger charge is 2.26. The zero-order chi connectivity index (χ0) is 42.4. The molecule has 0 N–H and O–H groups in total. The molecule has 60 heavy (non-hydrogen) atoms. The van der Waals surface area contributed by atoms with E-state index in [0.29, 0.717) is 0 Å². The largest absolute Gasteiger partial charge is 0.310 e. The first kappa shape index (κ1) is 39.3. The van der Waals surface area contributed by atoms with Crippen LogP contribution in [0.25, 0.3) is 43.8 Å². The highest BCUT2D eigenvalue weighted by molar-refractivity contribution is 6.12. The van der Waals surface area contributed by atoms with Crippen molar-refractivity contribution in [2.24, 2.45) is 0 Å². The van der Waals surface area contributed by atoms with Crippen molar-refractivity contribution in [2.45, 2.75) is 93.9 Å². The zero-order valence-corrected chi connectivity index (χ0v) is 37.6. The van der Waals surface area contributed by atoms with Crippen molar-refractivity contribution in [3.05, 3.63) is 178 Å². The Balaban J connectivity index is 1.11. The van der Waals surface area contributed by atoms with Crippen LogP contribution in [0.15, 0.2) is 133 Å². The van der Waals surface area contributed by atoms with Gasteiger partial charge in [-0.1, -0.05) is 77.9 Å². The van der Waals surface area contributed by atoms with Crippen LogP contribution in [0.4, 0.5) is 34.1 Å². The highest BCUT2D eigenvalue weighted by Crippen LogP contribution is 2.51. The third-order valence-corrected chi connectivity index (χ3v) is 13.3. The maximum Gasteiger partial charge on any atom is 0.0468 e. The summed E-state index contributed by atoms with van der Waals surface area (Å²) in [7, 11) is 0. The molecule has 0 saturated carbocycles. The van der Waals surface area contributed by atoms with Crippen molar-refractivity contribution >= 4 is 55.7 Å². The van der Waals surface area contributed by atoms with E-state index in [0.717, 1.165) is 11.4 Å². The Kier molecular flexibility index (Phi) is 9.36. The fourth-order valence-electron chi connectivity index (χ4n) is 9.08. The van der Waals surface area contributed by atoms with Gasteiger partial charge in [0, 0.05) is 34.1 Å². The van der Waals surface area contributed by atoms with Crippen molar-refractivity contribution in [2.75, 3.05) is 9.80 Å². The molecular weight excluding hydrogens is 725 g/mol. The van der Waals surface area contributed by atoms with Gasteiger partial charge < -0.3 is 9.80 Å². The van der Waals surface area contributed by atoms with Gasteiger partial charge in [0.05, 0.1) is 0 Å². The molecule has 2 nitrogen and oxygen atoms in total. The van der Waals surface area contributed by atoms with E-state index in [1.165, 1.54) is 111 Å². The molecule has 0 bridgehead atoms. The summed E-state index contributed by atoms with van der Waals surface area (Å²) in [6, 6.07) is 51.2. The van der Waals surface area contributed by atoms with Crippen LogP contribution >= 0.6 is 0 Å². The summed E-state index contributed by atoms with van der Waals surface area (Å²) in [5, 5.41) is 5.01. The maximum atomic E-state index is 2.42. The van der Waals surface area contributed by atoms with E-state index in [-0.39, 0.29) is 10.8 Å². The molecule has 8 aromatic carbocycles. The van der Waals surface area contributed by atoms with E-state index in [2.05, 4.69) is 226 Å². The number of rotatable bonds is 6. The monoisotopic (exact) mass is 782 g/mol. The first-order chi connectivity index (χ1) is 28.4. The fourth-order valence-corrected chi connectivity index (χ4v) is 9.08. The second-order valence-corrected chi connectivity index (χ2v) is 19.5. The quantitative estimate of drug-likeness (QED) is 0.166. The number of benzene rings is 8. The lowest BCUT2D eigenvalue weighted by Crippen LogP contribution is -2.13. The van der Waals surface area contributed by atoms with Gasteiger partial charge in [0.1, 0.15) is 0 Å².